The van der Waals surface area contributed by atoms with Crippen molar-refractivity contribution >= 4 is 28.8 Å². The second-order valence-corrected chi connectivity index (χ2v) is 4.16. The fourth-order valence-electron chi connectivity index (χ4n) is 1.46. The minimum Gasteiger partial charge on any atom is -0.332 e. The molecule has 0 spiro atoms. The first kappa shape index (κ1) is 12.4. The van der Waals surface area contributed by atoms with Gasteiger partial charge in [0.25, 0.3) is 0 Å². The SMILES string of the molecule is Cc1cccc(NC(=S)Nc2cccc(F)c2)n1. The molecule has 1 aromatic carbocycles. The molecule has 3 nitrogen and oxygen atoms in total. The molecule has 0 amide bonds. The lowest BCUT2D eigenvalue weighted by atomic mass is 10.3. The highest BCUT2D eigenvalue weighted by atomic mass is 32.1. The Kier molecular flexibility index (Phi) is 3.84. The van der Waals surface area contributed by atoms with Crippen LogP contribution in [0.25, 0.3) is 0 Å². The van der Waals surface area contributed by atoms with E-state index < -0.39 is 0 Å². The van der Waals surface area contributed by atoms with Gasteiger partial charge < -0.3 is 10.6 Å². The Labute approximate surface area is 110 Å². The Balaban J connectivity index is 2.01. The standard InChI is InChI=1S/C13H12FN3S/c1-9-4-2-7-12(15-9)17-13(18)16-11-6-3-5-10(14)8-11/h2-8H,1H3,(H2,15,16,17,18). The zero-order valence-corrected chi connectivity index (χ0v) is 10.6. The minimum atomic E-state index is -0.309. The molecule has 0 bridgehead atoms. The van der Waals surface area contributed by atoms with E-state index in [2.05, 4.69) is 15.6 Å². The number of thiocarbonyl (C=S) groups is 1. The van der Waals surface area contributed by atoms with Crippen LogP contribution in [0.15, 0.2) is 42.5 Å². The second-order valence-electron chi connectivity index (χ2n) is 3.75. The first-order valence-corrected chi connectivity index (χ1v) is 5.81. The summed E-state index contributed by atoms with van der Waals surface area (Å²) in [5.41, 5.74) is 1.49. The minimum absolute atomic E-state index is 0.309. The number of hydrogen-bond acceptors (Lipinski definition) is 2. The highest BCUT2D eigenvalue weighted by molar-refractivity contribution is 7.80. The van der Waals surface area contributed by atoms with Gasteiger partial charge in [0.05, 0.1) is 0 Å². The molecular formula is C13H12FN3S. The molecule has 2 aromatic rings. The largest absolute Gasteiger partial charge is 0.332 e. The Morgan fingerprint density at radius 3 is 2.67 bits per heavy atom. The van der Waals surface area contributed by atoms with Crippen LogP contribution < -0.4 is 10.6 Å². The Hall–Kier alpha value is -2.01. The number of benzene rings is 1. The molecule has 0 radical (unpaired) electrons. The van der Waals surface area contributed by atoms with Gasteiger partial charge in [-0.25, -0.2) is 9.37 Å². The lowest BCUT2D eigenvalue weighted by Gasteiger charge is -2.10. The van der Waals surface area contributed by atoms with Crippen LogP contribution in [0.2, 0.25) is 0 Å². The summed E-state index contributed by atoms with van der Waals surface area (Å²) in [5.74, 6) is 0.348. The number of anilines is 2. The maximum atomic E-state index is 13.0. The van der Waals surface area contributed by atoms with Crippen LogP contribution in [0.5, 0.6) is 0 Å². The van der Waals surface area contributed by atoms with Gasteiger partial charge in [-0.3, -0.25) is 0 Å². The second kappa shape index (κ2) is 5.55. The van der Waals surface area contributed by atoms with Gasteiger partial charge in [-0.15, -0.1) is 0 Å². The van der Waals surface area contributed by atoms with Gasteiger partial charge in [-0.2, -0.15) is 0 Å². The van der Waals surface area contributed by atoms with Crippen molar-refractivity contribution in [3.05, 3.63) is 54.0 Å². The van der Waals surface area contributed by atoms with Crippen LogP contribution in [0.1, 0.15) is 5.69 Å². The van der Waals surface area contributed by atoms with Gasteiger partial charge in [0.15, 0.2) is 5.11 Å². The van der Waals surface area contributed by atoms with Crippen molar-refractivity contribution in [3.8, 4) is 0 Å². The highest BCUT2D eigenvalue weighted by Crippen LogP contribution is 2.10. The average molecular weight is 261 g/mol. The number of aromatic nitrogens is 1. The maximum absolute atomic E-state index is 13.0. The number of hydrogen-bond donors (Lipinski definition) is 2. The molecule has 1 aromatic heterocycles. The van der Waals surface area contributed by atoms with Gasteiger partial charge in [0.2, 0.25) is 0 Å². The van der Waals surface area contributed by atoms with Gasteiger partial charge in [-0.1, -0.05) is 12.1 Å². The average Bonchev–Trinajstić information content (AvgIpc) is 2.28. The third-order valence-electron chi connectivity index (χ3n) is 2.21. The van der Waals surface area contributed by atoms with E-state index in [4.69, 9.17) is 12.2 Å². The predicted molar refractivity (Wildman–Crippen MR) is 75.2 cm³/mol. The molecule has 0 aliphatic rings. The van der Waals surface area contributed by atoms with Crippen molar-refractivity contribution in [3.63, 3.8) is 0 Å². The van der Waals surface area contributed by atoms with Crippen LogP contribution >= 0.6 is 12.2 Å². The lowest BCUT2D eigenvalue weighted by Crippen LogP contribution is -2.19. The first-order valence-electron chi connectivity index (χ1n) is 5.41. The Bertz CT molecular complexity index is 522. The summed E-state index contributed by atoms with van der Waals surface area (Å²) >= 11 is 5.12. The van der Waals surface area contributed by atoms with Crippen LogP contribution in [0.3, 0.4) is 0 Å². The van der Waals surface area contributed by atoms with Crippen molar-refractivity contribution in [1.82, 2.24) is 4.98 Å². The molecule has 5 heteroatoms. The summed E-state index contributed by atoms with van der Waals surface area (Å²) in [4.78, 5) is 4.26. The molecule has 0 atom stereocenters. The van der Waals surface area contributed by atoms with Crippen LogP contribution in [-0.2, 0) is 0 Å². The van der Waals surface area contributed by atoms with Crippen molar-refractivity contribution in [2.45, 2.75) is 6.92 Å². The lowest BCUT2D eigenvalue weighted by molar-refractivity contribution is 0.628. The number of aryl methyl sites for hydroxylation is 1. The highest BCUT2D eigenvalue weighted by Gasteiger charge is 2.00. The molecule has 2 rings (SSSR count). The molecule has 0 aliphatic carbocycles. The molecule has 0 saturated heterocycles. The first-order chi connectivity index (χ1) is 8.63. The summed E-state index contributed by atoms with van der Waals surface area (Å²) in [6.07, 6.45) is 0. The number of nitrogens with zero attached hydrogens (tertiary/aromatic N) is 1. The van der Waals surface area contributed by atoms with Crippen LogP contribution in [0, 0.1) is 12.7 Å². The van der Waals surface area contributed by atoms with E-state index in [1.807, 2.05) is 25.1 Å². The summed E-state index contributed by atoms with van der Waals surface area (Å²) in [6, 6.07) is 11.7. The molecule has 18 heavy (non-hydrogen) atoms. The van der Waals surface area contributed by atoms with Gasteiger partial charge in [-0.05, 0) is 49.5 Å². The molecule has 92 valence electrons. The number of pyridine rings is 1. The maximum Gasteiger partial charge on any atom is 0.176 e. The molecular weight excluding hydrogens is 249 g/mol. The molecule has 0 unspecified atom stereocenters. The summed E-state index contributed by atoms with van der Waals surface area (Å²) in [5, 5.41) is 6.20. The van der Waals surface area contributed by atoms with E-state index in [-0.39, 0.29) is 5.82 Å². The normalized spacial score (nSPS) is 9.89. The summed E-state index contributed by atoms with van der Waals surface area (Å²) < 4.78 is 13.0. The quantitative estimate of drug-likeness (QED) is 0.813. The van der Waals surface area contributed by atoms with E-state index in [1.54, 1.807) is 12.1 Å². The van der Waals surface area contributed by atoms with Crippen molar-refractivity contribution in [1.29, 1.82) is 0 Å². The Morgan fingerprint density at radius 2 is 1.94 bits per heavy atom. The van der Waals surface area contributed by atoms with Crippen LogP contribution in [0.4, 0.5) is 15.9 Å². The zero-order valence-electron chi connectivity index (χ0n) is 9.77. The van der Waals surface area contributed by atoms with Gasteiger partial charge in [0.1, 0.15) is 11.6 Å². The van der Waals surface area contributed by atoms with Crippen LogP contribution in [-0.4, -0.2) is 10.1 Å². The van der Waals surface area contributed by atoms with Crippen molar-refractivity contribution in [2.75, 3.05) is 10.6 Å². The van der Waals surface area contributed by atoms with Crippen molar-refractivity contribution < 1.29 is 4.39 Å². The van der Waals surface area contributed by atoms with Crippen molar-refractivity contribution in [2.24, 2.45) is 0 Å². The number of halogens is 1. The zero-order chi connectivity index (χ0) is 13.0. The van der Waals surface area contributed by atoms with E-state index in [9.17, 15) is 4.39 Å². The summed E-state index contributed by atoms with van der Waals surface area (Å²) in [6.45, 7) is 1.90. The number of nitrogens with one attached hydrogen (secondary N) is 2. The predicted octanol–water partition coefficient (Wildman–Crippen LogP) is 3.34. The Morgan fingerprint density at radius 1 is 1.17 bits per heavy atom. The third kappa shape index (κ3) is 3.49. The van der Waals surface area contributed by atoms with Gasteiger partial charge in [0, 0.05) is 11.4 Å². The summed E-state index contributed by atoms with van der Waals surface area (Å²) in [7, 11) is 0. The molecule has 2 N–H and O–H groups in total. The van der Waals surface area contributed by atoms with Gasteiger partial charge >= 0.3 is 0 Å². The van der Waals surface area contributed by atoms with E-state index in [0.29, 0.717) is 16.6 Å². The third-order valence-corrected chi connectivity index (χ3v) is 2.42. The topological polar surface area (TPSA) is 37.0 Å². The molecule has 0 fully saturated rings. The van der Waals surface area contributed by atoms with E-state index >= 15 is 0 Å². The molecule has 0 saturated carbocycles. The molecule has 0 aliphatic heterocycles. The van der Waals surface area contributed by atoms with E-state index in [1.165, 1.54) is 12.1 Å². The monoisotopic (exact) mass is 261 g/mol. The number of rotatable bonds is 2. The molecule has 1 heterocycles. The smallest absolute Gasteiger partial charge is 0.176 e. The fraction of sp³-hybridized carbons (Fsp3) is 0.0769. The fourth-order valence-corrected chi connectivity index (χ4v) is 1.68. The van der Waals surface area contributed by atoms with E-state index in [0.717, 1.165) is 5.69 Å².